The van der Waals surface area contributed by atoms with Crippen LogP contribution in [0.15, 0.2) is 36.5 Å². The third-order valence-corrected chi connectivity index (χ3v) is 1.94. The molecule has 0 unspecified atom stereocenters. The van der Waals surface area contributed by atoms with Crippen LogP contribution in [0.5, 0.6) is 0 Å². The molecule has 1 aliphatic rings. The largest absolute Gasteiger partial charge is 0.103 e. The summed E-state index contributed by atoms with van der Waals surface area (Å²) >= 11 is 5.10. The van der Waals surface area contributed by atoms with Crippen molar-refractivity contribution in [3.8, 4) is 0 Å². The van der Waals surface area contributed by atoms with Gasteiger partial charge in [-0.05, 0) is 18.9 Å². The van der Waals surface area contributed by atoms with Crippen LogP contribution < -0.4 is 0 Å². The van der Waals surface area contributed by atoms with Gasteiger partial charge in [0, 0.05) is 11.3 Å². The van der Waals surface area contributed by atoms with E-state index in [0.717, 1.165) is 24.1 Å². The van der Waals surface area contributed by atoms with Crippen molar-refractivity contribution in [1.82, 2.24) is 0 Å². The van der Waals surface area contributed by atoms with E-state index >= 15 is 0 Å². The van der Waals surface area contributed by atoms with E-state index in [0.29, 0.717) is 0 Å². The summed E-state index contributed by atoms with van der Waals surface area (Å²) in [5.41, 5.74) is 2.58. The normalized spacial score (nSPS) is 18.0. The molecule has 0 aliphatic heterocycles. The minimum atomic E-state index is 0.899. The van der Waals surface area contributed by atoms with Crippen LogP contribution in [0, 0.1) is 0 Å². The first kappa shape index (κ1) is 8.41. The minimum absolute atomic E-state index is 0.899. The van der Waals surface area contributed by atoms with Crippen molar-refractivity contribution in [3.05, 3.63) is 36.5 Å². The maximum absolute atomic E-state index is 5.10. The first-order chi connectivity index (χ1) is 5.22. The molecule has 0 bridgehead atoms. The molecule has 1 rings (SSSR count). The molecule has 0 atom stereocenters. The van der Waals surface area contributed by atoms with E-state index in [1.54, 1.807) is 0 Å². The van der Waals surface area contributed by atoms with E-state index in [9.17, 15) is 0 Å². The number of hydrogen-bond acceptors (Lipinski definition) is 1. The van der Waals surface area contributed by atoms with Gasteiger partial charge in [-0.1, -0.05) is 36.0 Å². The van der Waals surface area contributed by atoms with Crippen LogP contribution in [0.2, 0.25) is 0 Å². The lowest BCUT2D eigenvalue weighted by Gasteiger charge is -2.14. The summed E-state index contributed by atoms with van der Waals surface area (Å²) in [6.07, 6.45) is 6.85. The Morgan fingerprint density at radius 1 is 1.55 bits per heavy atom. The topological polar surface area (TPSA) is 0 Å². The Morgan fingerprint density at radius 3 is 2.82 bits per heavy atom. The molecule has 1 aliphatic carbocycles. The molecule has 0 heterocycles. The van der Waals surface area contributed by atoms with Gasteiger partial charge < -0.3 is 0 Å². The fourth-order valence-corrected chi connectivity index (χ4v) is 1.65. The Balaban J connectivity index is 2.71. The van der Waals surface area contributed by atoms with Crippen LogP contribution in [0.25, 0.3) is 0 Å². The van der Waals surface area contributed by atoms with Gasteiger partial charge in [0.15, 0.2) is 0 Å². The van der Waals surface area contributed by atoms with Crippen LogP contribution in [-0.2, 0) is 0 Å². The lowest BCUT2D eigenvalue weighted by Crippen LogP contribution is -2.02. The minimum Gasteiger partial charge on any atom is -0.103 e. The maximum Gasteiger partial charge on any atom is 0.0192 e. The van der Waals surface area contributed by atoms with Crippen molar-refractivity contribution in [3.63, 3.8) is 0 Å². The SMILES string of the molecule is C=CCC1=CC(=S)CC(=C)C1. The summed E-state index contributed by atoms with van der Waals surface area (Å²) in [6, 6.07) is 0. The quantitative estimate of drug-likeness (QED) is 0.446. The molecule has 0 spiro atoms. The third kappa shape index (κ3) is 2.43. The predicted octanol–water partition coefficient (Wildman–Crippen LogP) is 3.21. The van der Waals surface area contributed by atoms with Gasteiger partial charge in [0.1, 0.15) is 0 Å². The van der Waals surface area contributed by atoms with E-state index in [1.807, 2.05) is 6.08 Å². The van der Waals surface area contributed by atoms with E-state index < -0.39 is 0 Å². The van der Waals surface area contributed by atoms with Crippen LogP contribution in [0.3, 0.4) is 0 Å². The molecule has 58 valence electrons. The Hall–Kier alpha value is -0.690. The fraction of sp³-hybridized carbons (Fsp3) is 0.300. The molecule has 0 radical (unpaired) electrons. The first-order valence-corrected chi connectivity index (χ1v) is 4.13. The summed E-state index contributed by atoms with van der Waals surface area (Å²) in [7, 11) is 0. The van der Waals surface area contributed by atoms with Gasteiger partial charge >= 0.3 is 0 Å². The van der Waals surface area contributed by atoms with E-state index in [2.05, 4.69) is 19.2 Å². The molecule has 0 aromatic carbocycles. The zero-order valence-electron chi connectivity index (χ0n) is 6.60. The van der Waals surface area contributed by atoms with Gasteiger partial charge in [-0.15, -0.1) is 6.58 Å². The summed E-state index contributed by atoms with van der Waals surface area (Å²) in [5.74, 6) is 0. The molecule has 11 heavy (non-hydrogen) atoms. The van der Waals surface area contributed by atoms with Gasteiger partial charge in [-0.2, -0.15) is 0 Å². The second-order valence-corrected chi connectivity index (χ2v) is 3.39. The molecular weight excluding hydrogens is 152 g/mol. The van der Waals surface area contributed by atoms with E-state index in [1.165, 1.54) is 11.1 Å². The van der Waals surface area contributed by atoms with Crippen LogP contribution in [-0.4, -0.2) is 4.86 Å². The monoisotopic (exact) mass is 164 g/mol. The zero-order valence-corrected chi connectivity index (χ0v) is 7.41. The predicted molar refractivity (Wildman–Crippen MR) is 53.9 cm³/mol. The zero-order chi connectivity index (χ0) is 8.27. The molecule has 0 saturated carbocycles. The molecule has 0 fully saturated rings. The Morgan fingerprint density at radius 2 is 2.27 bits per heavy atom. The van der Waals surface area contributed by atoms with Crippen LogP contribution >= 0.6 is 12.2 Å². The second kappa shape index (κ2) is 3.63. The van der Waals surface area contributed by atoms with Crippen molar-refractivity contribution in [1.29, 1.82) is 0 Å². The third-order valence-electron chi connectivity index (χ3n) is 1.67. The first-order valence-electron chi connectivity index (χ1n) is 3.72. The van der Waals surface area contributed by atoms with Gasteiger partial charge in [0.25, 0.3) is 0 Å². The average Bonchev–Trinajstić information content (AvgIpc) is 1.85. The smallest absolute Gasteiger partial charge is 0.0192 e. The number of allylic oxidation sites excluding steroid dienone is 4. The fourth-order valence-electron chi connectivity index (χ4n) is 1.28. The summed E-state index contributed by atoms with van der Waals surface area (Å²) in [4.78, 5) is 1.01. The molecule has 1 heteroatoms. The molecule has 0 saturated heterocycles. The number of rotatable bonds is 2. The highest BCUT2D eigenvalue weighted by Gasteiger charge is 2.08. The van der Waals surface area contributed by atoms with Crippen molar-refractivity contribution in [2.45, 2.75) is 19.3 Å². The lowest BCUT2D eigenvalue weighted by molar-refractivity contribution is 1.01. The van der Waals surface area contributed by atoms with Crippen molar-refractivity contribution >= 4 is 17.1 Å². The van der Waals surface area contributed by atoms with Gasteiger partial charge in [-0.3, -0.25) is 0 Å². The highest BCUT2D eigenvalue weighted by Crippen LogP contribution is 2.22. The van der Waals surface area contributed by atoms with Gasteiger partial charge in [0.05, 0.1) is 0 Å². The second-order valence-electron chi connectivity index (χ2n) is 2.87. The van der Waals surface area contributed by atoms with Crippen LogP contribution in [0.1, 0.15) is 19.3 Å². The van der Waals surface area contributed by atoms with Crippen molar-refractivity contribution in [2.24, 2.45) is 0 Å². The van der Waals surface area contributed by atoms with E-state index in [-0.39, 0.29) is 0 Å². The molecule has 0 amide bonds. The Labute approximate surface area is 73.3 Å². The summed E-state index contributed by atoms with van der Waals surface area (Å²) in [6.45, 7) is 7.63. The number of hydrogen-bond donors (Lipinski definition) is 0. The molecular formula is C10H12S. The van der Waals surface area contributed by atoms with Crippen molar-refractivity contribution < 1.29 is 0 Å². The molecule has 0 aromatic rings. The van der Waals surface area contributed by atoms with E-state index in [4.69, 9.17) is 12.2 Å². The molecule has 0 nitrogen and oxygen atoms in total. The highest BCUT2D eigenvalue weighted by molar-refractivity contribution is 7.80. The van der Waals surface area contributed by atoms with Gasteiger partial charge in [-0.25, -0.2) is 0 Å². The summed E-state index contributed by atoms with van der Waals surface area (Å²) in [5, 5.41) is 0. The highest BCUT2D eigenvalue weighted by atomic mass is 32.1. The molecule has 0 aromatic heterocycles. The Kier molecular flexibility index (Phi) is 2.77. The van der Waals surface area contributed by atoms with Crippen molar-refractivity contribution in [2.75, 3.05) is 0 Å². The molecule has 0 N–H and O–H groups in total. The standard InChI is InChI=1S/C10H12S/c1-3-4-9-5-8(2)6-10(11)7-9/h3,7H,1-2,4-6H2. The van der Waals surface area contributed by atoms with Gasteiger partial charge in [0.2, 0.25) is 0 Å². The van der Waals surface area contributed by atoms with Crippen LogP contribution in [0.4, 0.5) is 0 Å². The summed E-state index contributed by atoms with van der Waals surface area (Å²) < 4.78 is 0. The Bertz CT molecular complexity index is 233. The maximum atomic E-state index is 5.10. The average molecular weight is 164 g/mol. The lowest BCUT2D eigenvalue weighted by atomic mass is 9.93. The number of thiocarbonyl (C=S) groups is 1.